The van der Waals surface area contributed by atoms with Crippen LogP contribution in [0.25, 0.3) is 10.9 Å². The lowest BCUT2D eigenvalue weighted by atomic mass is 9.89. The van der Waals surface area contributed by atoms with Crippen molar-refractivity contribution in [1.29, 1.82) is 0 Å². The van der Waals surface area contributed by atoms with E-state index in [1.807, 2.05) is 25.1 Å². The van der Waals surface area contributed by atoms with Crippen LogP contribution in [0.2, 0.25) is 0 Å². The highest BCUT2D eigenvalue weighted by Crippen LogP contribution is 2.34. The topological polar surface area (TPSA) is 86.8 Å². The summed E-state index contributed by atoms with van der Waals surface area (Å²) in [6.45, 7) is 8.29. The molecule has 164 valence electrons. The number of hydrogen-bond acceptors (Lipinski definition) is 6. The van der Waals surface area contributed by atoms with E-state index in [0.717, 1.165) is 28.1 Å². The number of nitrogens with one attached hydrogen (secondary N) is 1. The highest BCUT2D eigenvalue weighted by molar-refractivity contribution is 6.11. The van der Waals surface area contributed by atoms with Crippen molar-refractivity contribution in [3.05, 3.63) is 53.1 Å². The van der Waals surface area contributed by atoms with E-state index >= 15 is 0 Å². The molecule has 2 aliphatic rings. The molecular formula is C24H27NO6. The molecule has 2 heterocycles. The number of allylic oxidation sites excluding steroid dienone is 3. The maximum absolute atomic E-state index is 13.4. The Bertz CT molecular complexity index is 1090. The van der Waals surface area contributed by atoms with Crippen LogP contribution >= 0.6 is 0 Å². The quantitative estimate of drug-likeness (QED) is 0.551. The average molecular weight is 425 g/mol. The highest BCUT2D eigenvalue weighted by Gasteiger charge is 2.32. The van der Waals surface area contributed by atoms with Crippen LogP contribution in [-0.2, 0) is 19.0 Å². The van der Waals surface area contributed by atoms with Gasteiger partial charge in [0.15, 0.2) is 17.1 Å². The molecule has 0 radical (unpaired) electrons. The molecule has 1 atom stereocenters. The van der Waals surface area contributed by atoms with E-state index in [1.54, 1.807) is 32.9 Å². The summed E-state index contributed by atoms with van der Waals surface area (Å²) in [4.78, 5) is 28.8. The highest BCUT2D eigenvalue weighted by atomic mass is 16.6. The van der Waals surface area contributed by atoms with Gasteiger partial charge in [-0.05, 0) is 45.9 Å². The van der Waals surface area contributed by atoms with Gasteiger partial charge in [0.2, 0.25) is 0 Å². The number of aryl methyl sites for hydroxylation is 1. The van der Waals surface area contributed by atoms with Crippen LogP contribution in [-0.4, -0.2) is 42.2 Å². The van der Waals surface area contributed by atoms with Crippen molar-refractivity contribution in [3.8, 4) is 5.75 Å². The van der Waals surface area contributed by atoms with Gasteiger partial charge in [0.25, 0.3) is 0 Å². The van der Waals surface area contributed by atoms with Crippen LogP contribution in [0.1, 0.15) is 43.2 Å². The second-order valence-corrected chi connectivity index (χ2v) is 8.18. The Morgan fingerprint density at radius 3 is 2.77 bits per heavy atom. The summed E-state index contributed by atoms with van der Waals surface area (Å²) in [6, 6.07) is 5.42. The predicted molar refractivity (Wildman–Crippen MR) is 115 cm³/mol. The Hall–Kier alpha value is -3.22. The number of ether oxygens (including phenoxy) is 4. The van der Waals surface area contributed by atoms with Crippen molar-refractivity contribution < 1.29 is 28.5 Å². The van der Waals surface area contributed by atoms with Crippen LogP contribution < -0.4 is 4.74 Å². The summed E-state index contributed by atoms with van der Waals surface area (Å²) in [5.74, 6) is 1.27. The van der Waals surface area contributed by atoms with E-state index in [-0.39, 0.29) is 18.3 Å². The predicted octanol–water partition coefficient (Wildman–Crippen LogP) is 4.21. The van der Waals surface area contributed by atoms with E-state index < -0.39 is 11.6 Å². The van der Waals surface area contributed by atoms with E-state index in [1.165, 1.54) is 0 Å². The fraction of sp³-hybridized carbons (Fsp3) is 0.417. The molecule has 1 unspecified atom stereocenters. The molecule has 2 aromatic rings. The summed E-state index contributed by atoms with van der Waals surface area (Å²) < 4.78 is 22.2. The van der Waals surface area contributed by atoms with Crippen LogP contribution in [0.15, 0.2) is 41.9 Å². The van der Waals surface area contributed by atoms with Crippen LogP contribution in [0.5, 0.6) is 5.75 Å². The first-order valence-electron chi connectivity index (χ1n) is 10.5. The monoisotopic (exact) mass is 425 g/mol. The molecule has 1 aliphatic heterocycles. The minimum absolute atomic E-state index is 0.0289. The number of hydrogen-bond donors (Lipinski definition) is 1. The number of esters is 1. The van der Waals surface area contributed by atoms with Crippen molar-refractivity contribution in [2.24, 2.45) is 5.92 Å². The first-order chi connectivity index (χ1) is 14.8. The molecule has 1 aromatic heterocycles. The third-order valence-electron chi connectivity index (χ3n) is 5.46. The Labute approximate surface area is 181 Å². The van der Waals surface area contributed by atoms with Crippen molar-refractivity contribution in [3.63, 3.8) is 0 Å². The third kappa shape index (κ3) is 4.04. The molecule has 7 nitrogen and oxygen atoms in total. The SMILES string of the molecule is CCOC(=O)C(C)(C)Oc1ccc2c(C(=O)C3C=CC4=C(C3)OCCO4)c(C)[nH]c2c1. The number of H-pyrrole nitrogens is 1. The summed E-state index contributed by atoms with van der Waals surface area (Å²) in [6.07, 6.45) is 4.20. The summed E-state index contributed by atoms with van der Waals surface area (Å²) in [7, 11) is 0. The van der Waals surface area contributed by atoms with Gasteiger partial charge in [0.05, 0.1) is 12.1 Å². The summed E-state index contributed by atoms with van der Waals surface area (Å²) >= 11 is 0. The molecule has 4 rings (SSSR count). The minimum Gasteiger partial charge on any atom is -0.490 e. The van der Waals surface area contributed by atoms with Gasteiger partial charge in [0.1, 0.15) is 24.7 Å². The Morgan fingerprint density at radius 1 is 1.23 bits per heavy atom. The number of aromatic nitrogens is 1. The fourth-order valence-electron chi connectivity index (χ4n) is 3.94. The zero-order chi connectivity index (χ0) is 22.2. The molecule has 0 bridgehead atoms. The second-order valence-electron chi connectivity index (χ2n) is 8.18. The lowest BCUT2D eigenvalue weighted by Gasteiger charge is -2.26. The smallest absolute Gasteiger partial charge is 0.349 e. The van der Waals surface area contributed by atoms with Crippen LogP contribution in [0.3, 0.4) is 0 Å². The molecule has 7 heteroatoms. The van der Waals surface area contributed by atoms with E-state index in [9.17, 15) is 9.59 Å². The largest absolute Gasteiger partial charge is 0.490 e. The Morgan fingerprint density at radius 2 is 2.00 bits per heavy atom. The average Bonchev–Trinajstić information content (AvgIpc) is 3.07. The number of fused-ring (bicyclic) bond motifs is 1. The van der Waals surface area contributed by atoms with Gasteiger partial charge >= 0.3 is 5.97 Å². The van der Waals surface area contributed by atoms with E-state index in [2.05, 4.69) is 4.98 Å². The molecule has 0 spiro atoms. The molecule has 1 aromatic carbocycles. The second kappa shape index (κ2) is 8.13. The van der Waals surface area contributed by atoms with Gasteiger partial charge in [-0.3, -0.25) is 4.79 Å². The fourth-order valence-corrected chi connectivity index (χ4v) is 3.94. The van der Waals surface area contributed by atoms with Crippen molar-refractivity contribution in [2.45, 2.75) is 39.7 Å². The molecule has 0 amide bonds. The zero-order valence-electron chi connectivity index (χ0n) is 18.2. The minimum atomic E-state index is -1.12. The number of Topliss-reactive ketones (excluding diaryl/α,β-unsaturated/α-hetero) is 1. The maximum atomic E-state index is 13.4. The summed E-state index contributed by atoms with van der Waals surface area (Å²) in [5.41, 5.74) is 1.09. The van der Waals surface area contributed by atoms with Gasteiger partial charge < -0.3 is 23.9 Å². The molecular weight excluding hydrogens is 398 g/mol. The van der Waals surface area contributed by atoms with Gasteiger partial charge in [-0.25, -0.2) is 4.79 Å². The maximum Gasteiger partial charge on any atom is 0.349 e. The number of rotatable bonds is 6. The molecule has 0 fully saturated rings. The van der Waals surface area contributed by atoms with Crippen LogP contribution in [0.4, 0.5) is 0 Å². The lowest BCUT2D eigenvalue weighted by molar-refractivity contribution is -0.158. The standard InChI is InChI=1S/C24H27NO6/c1-5-28-23(27)24(3,4)31-16-7-8-17-18(13-16)25-14(2)21(17)22(26)15-6-9-19-20(12-15)30-11-10-29-19/h6-9,13,15,25H,5,10-12H2,1-4H3. The van der Waals surface area contributed by atoms with E-state index in [0.29, 0.717) is 30.9 Å². The van der Waals surface area contributed by atoms with Gasteiger partial charge in [-0.1, -0.05) is 6.08 Å². The Kier molecular flexibility index (Phi) is 5.52. The van der Waals surface area contributed by atoms with Crippen molar-refractivity contribution in [2.75, 3.05) is 19.8 Å². The number of aromatic amines is 1. The van der Waals surface area contributed by atoms with E-state index in [4.69, 9.17) is 18.9 Å². The van der Waals surface area contributed by atoms with Crippen molar-refractivity contribution >= 4 is 22.7 Å². The molecule has 31 heavy (non-hydrogen) atoms. The number of carbonyl (C=O) groups excluding carboxylic acids is 2. The lowest BCUT2D eigenvalue weighted by Crippen LogP contribution is -2.39. The number of ketones is 1. The Balaban J connectivity index is 1.58. The summed E-state index contributed by atoms with van der Waals surface area (Å²) in [5, 5.41) is 0.817. The third-order valence-corrected chi connectivity index (χ3v) is 5.46. The van der Waals surface area contributed by atoms with Crippen molar-refractivity contribution in [1.82, 2.24) is 4.98 Å². The normalized spacial score (nSPS) is 18.3. The first kappa shape index (κ1) is 21.0. The zero-order valence-corrected chi connectivity index (χ0v) is 18.2. The number of benzene rings is 1. The van der Waals surface area contributed by atoms with Gasteiger partial charge in [0, 0.05) is 35.0 Å². The van der Waals surface area contributed by atoms with Crippen LogP contribution in [0, 0.1) is 12.8 Å². The van der Waals surface area contributed by atoms with Gasteiger partial charge in [-0.2, -0.15) is 0 Å². The molecule has 0 saturated heterocycles. The molecule has 0 saturated carbocycles. The molecule has 1 aliphatic carbocycles. The van der Waals surface area contributed by atoms with Gasteiger partial charge in [-0.15, -0.1) is 0 Å². The first-order valence-corrected chi connectivity index (χ1v) is 10.5. The number of carbonyl (C=O) groups is 2. The molecule has 1 N–H and O–H groups in total.